The van der Waals surface area contributed by atoms with Crippen molar-refractivity contribution >= 4 is 0 Å². The zero-order valence-electron chi connectivity index (χ0n) is 10.4. The number of hydrogen-bond donors (Lipinski definition) is 1. The molecule has 0 aromatic carbocycles. The fraction of sp³-hybridized carbons (Fsp3) is 0.786. The van der Waals surface area contributed by atoms with Gasteiger partial charge in [-0.05, 0) is 24.8 Å². The molecule has 0 aliphatic rings. The highest BCUT2D eigenvalue weighted by atomic mass is 16.3. The number of aliphatic hydroxyl groups excluding tert-OH is 1. The Balaban J connectivity index is 3.59. The van der Waals surface area contributed by atoms with Crippen molar-refractivity contribution in [2.24, 2.45) is 0 Å². The molecule has 0 saturated heterocycles. The molecule has 0 fully saturated rings. The normalized spacial score (nSPS) is 12.2. The Hall–Kier alpha value is -0.520. The minimum Gasteiger partial charge on any atom is -0.393 e. The third kappa shape index (κ3) is 8.47. The van der Waals surface area contributed by atoms with E-state index in [1.54, 1.807) is 0 Å². The first-order chi connectivity index (χ1) is 7.24. The maximum Gasteiger partial charge on any atom is 0.0580 e. The summed E-state index contributed by atoms with van der Waals surface area (Å²) >= 11 is 0. The molecule has 1 atom stereocenters. The molecular weight excluding hydrogens is 184 g/mol. The van der Waals surface area contributed by atoms with Gasteiger partial charge in [-0.25, -0.2) is 0 Å². The molecule has 88 valence electrons. The van der Waals surface area contributed by atoms with Crippen LogP contribution in [-0.4, -0.2) is 11.2 Å². The second kappa shape index (κ2) is 10.0. The van der Waals surface area contributed by atoms with Crippen LogP contribution in [0, 0.1) is 0 Å². The number of rotatable bonds is 9. The van der Waals surface area contributed by atoms with Crippen LogP contribution < -0.4 is 0 Å². The summed E-state index contributed by atoms with van der Waals surface area (Å²) in [5.41, 5.74) is 4.16. The third-order valence-electron chi connectivity index (χ3n) is 2.79. The van der Waals surface area contributed by atoms with Crippen LogP contribution >= 0.6 is 0 Å². The first-order valence-electron chi connectivity index (χ1n) is 6.30. The van der Waals surface area contributed by atoms with E-state index in [4.69, 9.17) is 0 Å². The van der Waals surface area contributed by atoms with Gasteiger partial charge in [0.25, 0.3) is 0 Å². The largest absolute Gasteiger partial charge is 0.393 e. The summed E-state index contributed by atoms with van der Waals surface area (Å²) in [6.45, 7) is 7.93. The smallest absolute Gasteiger partial charge is 0.0580 e. The molecular formula is C14H26O. The molecule has 1 heteroatoms. The lowest BCUT2D eigenvalue weighted by Crippen LogP contribution is -2.05. The van der Waals surface area contributed by atoms with E-state index in [9.17, 15) is 5.11 Å². The van der Waals surface area contributed by atoms with E-state index in [1.807, 2.05) is 6.92 Å². The summed E-state index contributed by atoms with van der Waals surface area (Å²) in [6.07, 6.45) is 8.90. The van der Waals surface area contributed by atoms with Crippen molar-refractivity contribution in [2.75, 3.05) is 0 Å². The van der Waals surface area contributed by atoms with Crippen molar-refractivity contribution in [3.05, 3.63) is 17.9 Å². The predicted molar refractivity (Wildman–Crippen MR) is 66.9 cm³/mol. The second-order valence-electron chi connectivity index (χ2n) is 4.21. The molecule has 0 radical (unpaired) electrons. The number of hydrogen-bond acceptors (Lipinski definition) is 1. The average Bonchev–Trinajstić information content (AvgIpc) is 2.26. The standard InChI is InChI=1S/C14H26O/c1-4-7-8-9-10-11-13(5-2)12-14(15)6-3/h14-15H,2,4,6-12H2,1,3H3/t14-/m0/s1. The van der Waals surface area contributed by atoms with Gasteiger partial charge in [-0.3, -0.25) is 0 Å². The summed E-state index contributed by atoms with van der Waals surface area (Å²) in [5.74, 6) is 0. The van der Waals surface area contributed by atoms with Gasteiger partial charge >= 0.3 is 0 Å². The second-order valence-corrected chi connectivity index (χ2v) is 4.21. The van der Waals surface area contributed by atoms with Crippen molar-refractivity contribution in [3.8, 4) is 0 Å². The fourth-order valence-electron chi connectivity index (χ4n) is 1.63. The molecule has 0 aliphatic heterocycles. The van der Waals surface area contributed by atoms with Gasteiger partial charge in [-0.15, -0.1) is 5.73 Å². The molecule has 0 aliphatic carbocycles. The lowest BCUT2D eigenvalue weighted by molar-refractivity contribution is 0.169. The molecule has 0 saturated carbocycles. The highest BCUT2D eigenvalue weighted by molar-refractivity contribution is 5.00. The first kappa shape index (κ1) is 14.5. The molecule has 1 nitrogen and oxygen atoms in total. The van der Waals surface area contributed by atoms with E-state index < -0.39 is 0 Å². The minimum atomic E-state index is -0.204. The molecule has 15 heavy (non-hydrogen) atoms. The molecule has 0 heterocycles. The molecule has 0 aromatic rings. The van der Waals surface area contributed by atoms with Gasteiger partial charge in [0.2, 0.25) is 0 Å². The molecule has 0 bridgehead atoms. The van der Waals surface area contributed by atoms with E-state index in [2.05, 4.69) is 19.2 Å². The maximum absolute atomic E-state index is 9.51. The molecule has 0 unspecified atom stereocenters. The predicted octanol–water partition coefficient (Wildman–Crippen LogP) is 4.22. The van der Waals surface area contributed by atoms with Crippen LogP contribution in [0.2, 0.25) is 0 Å². The molecule has 0 spiro atoms. The van der Waals surface area contributed by atoms with E-state index in [0.717, 1.165) is 19.3 Å². The quantitative estimate of drug-likeness (QED) is 0.446. The lowest BCUT2D eigenvalue weighted by atomic mass is 10.0. The van der Waals surface area contributed by atoms with Crippen LogP contribution in [-0.2, 0) is 0 Å². The van der Waals surface area contributed by atoms with E-state index in [-0.39, 0.29) is 6.10 Å². The SMILES string of the molecule is C=C=C(CCCCCCC)C[C@@H](O)CC. The summed E-state index contributed by atoms with van der Waals surface area (Å²) in [4.78, 5) is 0. The van der Waals surface area contributed by atoms with Crippen LogP contribution in [0.25, 0.3) is 0 Å². The first-order valence-corrected chi connectivity index (χ1v) is 6.30. The highest BCUT2D eigenvalue weighted by Crippen LogP contribution is 2.15. The zero-order chi connectivity index (χ0) is 11.5. The van der Waals surface area contributed by atoms with Crippen LogP contribution in [0.15, 0.2) is 17.9 Å². The Bertz CT molecular complexity index is 190. The number of unbranched alkanes of at least 4 members (excludes halogenated alkanes) is 4. The van der Waals surface area contributed by atoms with Crippen molar-refractivity contribution in [1.29, 1.82) is 0 Å². The third-order valence-corrected chi connectivity index (χ3v) is 2.79. The topological polar surface area (TPSA) is 20.2 Å². The maximum atomic E-state index is 9.51. The van der Waals surface area contributed by atoms with Gasteiger partial charge in [0, 0.05) is 6.42 Å². The van der Waals surface area contributed by atoms with Crippen molar-refractivity contribution in [2.45, 2.75) is 71.3 Å². The van der Waals surface area contributed by atoms with E-state index in [0.29, 0.717) is 0 Å². The van der Waals surface area contributed by atoms with Gasteiger partial charge in [-0.2, -0.15) is 0 Å². The minimum absolute atomic E-state index is 0.204. The van der Waals surface area contributed by atoms with Crippen LogP contribution in [0.5, 0.6) is 0 Å². The van der Waals surface area contributed by atoms with Crippen molar-refractivity contribution < 1.29 is 5.11 Å². The van der Waals surface area contributed by atoms with Crippen LogP contribution in [0.3, 0.4) is 0 Å². The molecule has 0 rings (SSSR count). The monoisotopic (exact) mass is 210 g/mol. The van der Waals surface area contributed by atoms with Crippen molar-refractivity contribution in [3.63, 3.8) is 0 Å². The Morgan fingerprint density at radius 2 is 1.87 bits per heavy atom. The molecule has 0 aromatic heterocycles. The number of aliphatic hydroxyl groups is 1. The Labute approximate surface area is 94.9 Å². The Kier molecular flexibility index (Phi) is 9.67. The van der Waals surface area contributed by atoms with Crippen molar-refractivity contribution in [1.82, 2.24) is 0 Å². The van der Waals surface area contributed by atoms with Crippen LogP contribution in [0.1, 0.15) is 65.2 Å². The van der Waals surface area contributed by atoms with Gasteiger partial charge < -0.3 is 5.11 Å². The van der Waals surface area contributed by atoms with Gasteiger partial charge in [0.05, 0.1) is 6.10 Å². The van der Waals surface area contributed by atoms with E-state index >= 15 is 0 Å². The summed E-state index contributed by atoms with van der Waals surface area (Å²) in [7, 11) is 0. The Morgan fingerprint density at radius 1 is 1.20 bits per heavy atom. The summed E-state index contributed by atoms with van der Waals surface area (Å²) < 4.78 is 0. The zero-order valence-corrected chi connectivity index (χ0v) is 10.4. The van der Waals surface area contributed by atoms with Crippen LogP contribution in [0.4, 0.5) is 0 Å². The lowest BCUT2D eigenvalue weighted by Gasteiger charge is -2.09. The highest BCUT2D eigenvalue weighted by Gasteiger charge is 2.04. The average molecular weight is 210 g/mol. The molecule has 1 N–H and O–H groups in total. The van der Waals surface area contributed by atoms with Gasteiger partial charge in [0.15, 0.2) is 0 Å². The van der Waals surface area contributed by atoms with E-state index in [1.165, 1.54) is 37.7 Å². The summed E-state index contributed by atoms with van der Waals surface area (Å²) in [5, 5.41) is 9.51. The summed E-state index contributed by atoms with van der Waals surface area (Å²) in [6, 6.07) is 0. The Morgan fingerprint density at radius 3 is 2.40 bits per heavy atom. The van der Waals surface area contributed by atoms with Gasteiger partial charge in [-0.1, -0.05) is 46.1 Å². The molecule has 0 amide bonds. The van der Waals surface area contributed by atoms with Gasteiger partial charge in [0.1, 0.15) is 0 Å². The fourth-order valence-corrected chi connectivity index (χ4v) is 1.63.